The highest BCUT2D eigenvalue weighted by Crippen LogP contribution is 2.29. The molecule has 1 amide bonds. The van der Waals surface area contributed by atoms with Crippen molar-refractivity contribution in [2.45, 2.75) is 38.8 Å². The molecule has 7 nitrogen and oxygen atoms in total. The number of hydrogen-bond acceptors (Lipinski definition) is 5. The number of fused-ring (bicyclic) bond motifs is 2. The molecule has 2 aromatic heterocycles. The van der Waals surface area contributed by atoms with Gasteiger partial charge in [0.15, 0.2) is 0 Å². The molecule has 3 aromatic rings. The maximum absolute atomic E-state index is 12.5. The number of hydrogen-bond donors (Lipinski definition) is 1. The van der Waals surface area contributed by atoms with Crippen LogP contribution in [0, 0.1) is 6.92 Å². The fourth-order valence-electron chi connectivity index (χ4n) is 3.42. The van der Waals surface area contributed by atoms with E-state index in [-0.39, 0.29) is 29.8 Å². The van der Waals surface area contributed by atoms with Crippen molar-refractivity contribution < 1.29 is 9.32 Å². The third-order valence-corrected chi connectivity index (χ3v) is 4.65. The summed E-state index contributed by atoms with van der Waals surface area (Å²) in [5.74, 6) is -0.209. The Balaban J connectivity index is 1.55. The van der Waals surface area contributed by atoms with Gasteiger partial charge in [-0.05, 0) is 37.3 Å². The van der Waals surface area contributed by atoms with Gasteiger partial charge in [-0.1, -0.05) is 29.4 Å². The zero-order valence-electron chi connectivity index (χ0n) is 13.9. The van der Waals surface area contributed by atoms with Gasteiger partial charge in [-0.25, -0.2) is 4.98 Å². The average molecular weight is 338 g/mol. The highest BCUT2D eigenvalue weighted by molar-refractivity contribution is 5.78. The molecule has 128 valence electrons. The van der Waals surface area contributed by atoms with Gasteiger partial charge in [-0.2, -0.15) is 0 Å². The minimum absolute atomic E-state index is 0.0119. The topological polar surface area (TPSA) is 90.0 Å². The molecule has 25 heavy (non-hydrogen) atoms. The molecule has 1 aliphatic rings. The summed E-state index contributed by atoms with van der Waals surface area (Å²) >= 11 is 0. The van der Waals surface area contributed by atoms with Crippen molar-refractivity contribution in [2.24, 2.45) is 0 Å². The molecule has 1 atom stereocenters. The molecule has 4 rings (SSSR count). The summed E-state index contributed by atoms with van der Waals surface area (Å²) < 4.78 is 6.26. The monoisotopic (exact) mass is 338 g/mol. The predicted octanol–water partition coefficient (Wildman–Crippen LogP) is 1.89. The first-order valence-electron chi connectivity index (χ1n) is 8.32. The first-order valence-corrected chi connectivity index (χ1v) is 8.32. The molecular weight excluding hydrogens is 320 g/mol. The van der Waals surface area contributed by atoms with Gasteiger partial charge in [-0.3, -0.25) is 14.2 Å². The summed E-state index contributed by atoms with van der Waals surface area (Å²) in [6, 6.07) is 8.15. The van der Waals surface area contributed by atoms with Crippen LogP contribution in [0.2, 0.25) is 0 Å². The number of rotatable bonds is 3. The number of aryl methyl sites for hydroxylation is 2. The van der Waals surface area contributed by atoms with Crippen LogP contribution in [-0.4, -0.2) is 20.6 Å². The standard InChI is InChI=1S/C18H18N4O3/c1-11-16-17(25-21-11)19-10-22(18(16)24)9-15(23)20-14-8-4-6-12-5-2-3-7-13(12)14/h2-3,5,7,10,14H,4,6,8-9H2,1H3,(H,20,23)/t14-/m1/s1. The summed E-state index contributed by atoms with van der Waals surface area (Å²) in [6.45, 7) is 1.60. The van der Waals surface area contributed by atoms with Crippen molar-refractivity contribution in [1.82, 2.24) is 20.0 Å². The second-order valence-corrected chi connectivity index (χ2v) is 6.34. The lowest BCUT2D eigenvalue weighted by atomic mass is 9.88. The van der Waals surface area contributed by atoms with Crippen LogP contribution in [0.3, 0.4) is 0 Å². The van der Waals surface area contributed by atoms with Crippen molar-refractivity contribution in [3.05, 3.63) is 57.8 Å². The molecule has 0 radical (unpaired) electrons. The Morgan fingerprint density at radius 1 is 1.40 bits per heavy atom. The molecule has 0 saturated carbocycles. The lowest BCUT2D eigenvalue weighted by Crippen LogP contribution is -2.36. The number of aromatic nitrogens is 3. The molecule has 7 heteroatoms. The molecule has 0 aliphatic heterocycles. The van der Waals surface area contributed by atoms with Crippen LogP contribution in [0.4, 0.5) is 0 Å². The van der Waals surface area contributed by atoms with Gasteiger partial charge in [0.05, 0.1) is 11.7 Å². The third kappa shape index (κ3) is 2.82. The Morgan fingerprint density at radius 2 is 2.24 bits per heavy atom. The first kappa shape index (κ1) is 15.6. The molecule has 0 bridgehead atoms. The van der Waals surface area contributed by atoms with Crippen LogP contribution >= 0.6 is 0 Å². The van der Waals surface area contributed by atoms with E-state index in [0.717, 1.165) is 24.8 Å². The second-order valence-electron chi connectivity index (χ2n) is 6.34. The van der Waals surface area contributed by atoms with E-state index in [2.05, 4.69) is 27.6 Å². The maximum Gasteiger partial charge on any atom is 0.267 e. The zero-order valence-corrected chi connectivity index (χ0v) is 13.9. The van der Waals surface area contributed by atoms with Crippen LogP contribution in [0.1, 0.15) is 35.7 Å². The minimum Gasteiger partial charge on any atom is -0.348 e. The average Bonchev–Trinajstić information content (AvgIpc) is 2.99. The van der Waals surface area contributed by atoms with Crippen LogP contribution in [0.15, 0.2) is 39.9 Å². The second kappa shape index (κ2) is 6.16. The molecule has 1 aliphatic carbocycles. The van der Waals surface area contributed by atoms with Crippen molar-refractivity contribution >= 4 is 17.0 Å². The largest absolute Gasteiger partial charge is 0.348 e. The fourth-order valence-corrected chi connectivity index (χ4v) is 3.42. The van der Waals surface area contributed by atoms with E-state index in [9.17, 15) is 9.59 Å². The first-order chi connectivity index (χ1) is 12.1. The van der Waals surface area contributed by atoms with Crippen LogP contribution < -0.4 is 10.9 Å². The van der Waals surface area contributed by atoms with Gasteiger partial charge in [0, 0.05) is 0 Å². The minimum atomic E-state index is -0.317. The van der Waals surface area contributed by atoms with E-state index in [1.54, 1.807) is 6.92 Å². The zero-order chi connectivity index (χ0) is 17.4. The molecule has 2 heterocycles. The Morgan fingerprint density at radius 3 is 3.12 bits per heavy atom. The summed E-state index contributed by atoms with van der Waals surface area (Å²) in [4.78, 5) is 29.0. The van der Waals surface area contributed by atoms with Crippen LogP contribution in [0.5, 0.6) is 0 Å². The number of amides is 1. The third-order valence-electron chi connectivity index (χ3n) is 4.65. The van der Waals surface area contributed by atoms with Crippen molar-refractivity contribution in [3.63, 3.8) is 0 Å². The quantitative estimate of drug-likeness (QED) is 0.787. The number of nitrogens with one attached hydrogen (secondary N) is 1. The van der Waals surface area contributed by atoms with Gasteiger partial charge in [0.2, 0.25) is 5.91 Å². The van der Waals surface area contributed by atoms with Gasteiger partial charge < -0.3 is 9.84 Å². The molecule has 0 saturated heterocycles. The molecule has 0 fully saturated rings. The lowest BCUT2D eigenvalue weighted by Gasteiger charge is -2.26. The van der Waals surface area contributed by atoms with E-state index in [1.807, 2.05) is 12.1 Å². The SMILES string of the molecule is Cc1noc2ncn(CC(=O)N[C@@H]3CCCc4ccccc43)c(=O)c12. The Bertz CT molecular complexity index is 1000. The molecule has 1 aromatic carbocycles. The highest BCUT2D eigenvalue weighted by Gasteiger charge is 2.22. The maximum atomic E-state index is 12.5. The van der Waals surface area contributed by atoms with Gasteiger partial charge in [0.1, 0.15) is 18.3 Å². The summed E-state index contributed by atoms with van der Waals surface area (Å²) in [5, 5.41) is 7.10. The normalized spacial score (nSPS) is 16.6. The molecule has 1 N–H and O–H groups in total. The number of benzene rings is 1. The number of carbonyl (C=O) groups is 1. The van der Waals surface area contributed by atoms with Crippen LogP contribution in [-0.2, 0) is 17.8 Å². The fraction of sp³-hybridized carbons (Fsp3) is 0.333. The van der Waals surface area contributed by atoms with Gasteiger partial charge in [-0.15, -0.1) is 0 Å². The lowest BCUT2D eigenvalue weighted by molar-refractivity contribution is -0.122. The van der Waals surface area contributed by atoms with Gasteiger partial charge in [0.25, 0.3) is 11.3 Å². The summed E-state index contributed by atoms with van der Waals surface area (Å²) in [5.41, 5.74) is 2.80. The van der Waals surface area contributed by atoms with E-state index in [4.69, 9.17) is 4.52 Å². The Labute approximate surface area is 143 Å². The molecule has 0 unspecified atom stereocenters. The molecular formula is C18H18N4O3. The number of nitrogens with zero attached hydrogens (tertiary/aromatic N) is 3. The smallest absolute Gasteiger partial charge is 0.267 e. The van der Waals surface area contributed by atoms with Crippen molar-refractivity contribution in [3.8, 4) is 0 Å². The highest BCUT2D eigenvalue weighted by atomic mass is 16.5. The molecule has 0 spiro atoms. The van der Waals surface area contributed by atoms with Crippen LogP contribution in [0.25, 0.3) is 11.1 Å². The number of carbonyl (C=O) groups excluding carboxylic acids is 1. The predicted molar refractivity (Wildman–Crippen MR) is 91.1 cm³/mol. The van der Waals surface area contributed by atoms with E-state index in [0.29, 0.717) is 11.1 Å². The van der Waals surface area contributed by atoms with E-state index in [1.165, 1.54) is 16.5 Å². The van der Waals surface area contributed by atoms with E-state index < -0.39 is 0 Å². The van der Waals surface area contributed by atoms with Crippen molar-refractivity contribution in [1.29, 1.82) is 0 Å². The Hall–Kier alpha value is -2.96. The van der Waals surface area contributed by atoms with Crippen molar-refractivity contribution in [2.75, 3.05) is 0 Å². The summed E-state index contributed by atoms with van der Waals surface area (Å²) in [7, 11) is 0. The van der Waals surface area contributed by atoms with E-state index >= 15 is 0 Å². The Kier molecular flexibility index (Phi) is 3.83. The summed E-state index contributed by atoms with van der Waals surface area (Å²) in [6.07, 6.45) is 4.30. The van der Waals surface area contributed by atoms with Gasteiger partial charge >= 0.3 is 0 Å².